The van der Waals surface area contributed by atoms with Crippen molar-refractivity contribution in [3.63, 3.8) is 0 Å². The first-order valence-electron chi connectivity index (χ1n) is 10.4. The lowest BCUT2D eigenvalue weighted by molar-refractivity contribution is -0.136. The molecule has 0 unspecified atom stereocenters. The number of ether oxygens (including phenoxy) is 4. The van der Waals surface area contributed by atoms with Gasteiger partial charge in [0, 0.05) is 0 Å². The number of carbonyl (C=O) groups is 1. The van der Waals surface area contributed by atoms with E-state index in [0.29, 0.717) is 43.4 Å². The number of hydrogen-bond acceptors (Lipinski definition) is 8. The molecule has 0 saturated carbocycles. The zero-order chi connectivity index (χ0) is 24.4. The fourth-order valence-corrected chi connectivity index (χ4v) is 5.03. The molecule has 4 rings (SSSR count). The van der Waals surface area contributed by atoms with Crippen LogP contribution in [0.4, 0.5) is 0 Å². The summed E-state index contributed by atoms with van der Waals surface area (Å²) in [4.78, 5) is 31.4. The Balaban J connectivity index is 1.95. The maximum Gasteiger partial charge on any atom is 0.338 e. The van der Waals surface area contributed by atoms with Crippen LogP contribution >= 0.6 is 11.3 Å². The van der Waals surface area contributed by atoms with E-state index in [9.17, 15) is 9.59 Å². The predicted molar refractivity (Wildman–Crippen MR) is 128 cm³/mol. The van der Waals surface area contributed by atoms with Crippen molar-refractivity contribution in [2.75, 3.05) is 28.4 Å². The third-order valence-electron chi connectivity index (χ3n) is 5.53. The van der Waals surface area contributed by atoms with Crippen LogP contribution in [0.15, 0.2) is 63.5 Å². The fraction of sp³-hybridized carbons (Fsp3) is 0.240. The smallest absolute Gasteiger partial charge is 0.338 e. The lowest BCUT2D eigenvalue weighted by Crippen LogP contribution is -2.39. The number of aromatic nitrogens is 1. The normalized spacial score (nSPS) is 15.4. The number of carbonyl (C=O) groups excluding carboxylic acids is 1. The van der Waals surface area contributed by atoms with Crippen molar-refractivity contribution in [1.29, 1.82) is 0 Å². The lowest BCUT2D eigenvalue weighted by atomic mass is 9.96. The topological polar surface area (TPSA) is 88.4 Å². The summed E-state index contributed by atoms with van der Waals surface area (Å²) in [6.45, 7) is 1.75. The van der Waals surface area contributed by atoms with E-state index in [1.54, 1.807) is 29.7 Å². The molecule has 34 heavy (non-hydrogen) atoms. The monoisotopic (exact) mass is 480 g/mol. The molecule has 176 valence electrons. The van der Waals surface area contributed by atoms with E-state index in [1.165, 1.54) is 39.8 Å². The Kier molecular flexibility index (Phi) is 6.56. The summed E-state index contributed by atoms with van der Waals surface area (Å²) in [7, 11) is 5.92. The Morgan fingerprint density at radius 3 is 2.24 bits per heavy atom. The second kappa shape index (κ2) is 9.56. The molecule has 0 radical (unpaired) electrons. The molecule has 3 aromatic rings. The van der Waals surface area contributed by atoms with Crippen LogP contribution in [0.5, 0.6) is 17.2 Å². The minimum absolute atomic E-state index is 0.264. The van der Waals surface area contributed by atoms with Crippen LogP contribution in [-0.4, -0.2) is 39.0 Å². The van der Waals surface area contributed by atoms with E-state index in [-0.39, 0.29) is 5.56 Å². The highest BCUT2D eigenvalue weighted by Gasteiger charge is 2.32. The average molecular weight is 481 g/mol. The number of nitrogens with zero attached hydrogens (tertiary/aromatic N) is 2. The molecule has 2 heterocycles. The Bertz CT molecular complexity index is 1430. The van der Waals surface area contributed by atoms with Crippen molar-refractivity contribution in [2.24, 2.45) is 4.99 Å². The Morgan fingerprint density at radius 2 is 1.68 bits per heavy atom. The van der Waals surface area contributed by atoms with E-state index in [0.717, 1.165) is 5.56 Å². The van der Waals surface area contributed by atoms with Crippen molar-refractivity contribution in [3.8, 4) is 17.2 Å². The quantitative estimate of drug-likeness (QED) is 0.504. The van der Waals surface area contributed by atoms with Crippen molar-refractivity contribution in [1.82, 2.24) is 4.57 Å². The van der Waals surface area contributed by atoms with Gasteiger partial charge in [0.15, 0.2) is 16.3 Å². The average Bonchev–Trinajstić information content (AvgIpc) is 3.16. The van der Waals surface area contributed by atoms with Crippen LogP contribution in [0, 0.1) is 0 Å². The molecule has 9 heteroatoms. The first-order valence-corrected chi connectivity index (χ1v) is 11.2. The fourth-order valence-electron chi connectivity index (χ4n) is 3.98. The molecule has 0 saturated heterocycles. The summed E-state index contributed by atoms with van der Waals surface area (Å²) in [6.07, 6.45) is 1.74. The van der Waals surface area contributed by atoms with Crippen LogP contribution < -0.4 is 29.1 Å². The first-order chi connectivity index (χ1) is 16.4. The minimum atomic E-state index is -0.646. The molecule has 0 bridgehead atoms. The Hall–Kier alpha value is -3.85. The van der Waals surface area contributed by atoms with Crippen LogP contribution in [-0.2, 0) is 9.53 Å². The highest BCUT2D eigenvalue weighted by molar-refractivity contribution is 7.07. The second-order valence-electron chi connectivity index (χ2n) is 7.44. The predicted octanol–water partition coefficient (Wildman–Crippen LogP) is 2.43. The Morgan fingerprint density at radius 1 is 1.03 bits per heavy atom. The molecule has 0 N–H and O–H groups in total. The van der Waals surface area contributed by atoms with Crippen molar-refractivity contribution in [2.45, 2.75) is 13.0 Å². The largest absolute Gasteiger partial charge is 0.493 e. The number of hydrogen-bond donors (Lipinski definition) is 0. The number of fused-ring (bicyclic) bond motifs is 1. The van der Waals surface area contributed by atoms with Gasteiger partial charge in [0.1, 0.15) is 0 Å². The molecule has 0 spiro atoms. The van der Waals surface area contributed by atoms with Gasteiger partial charge in [-0.25, -0.2) is 9.79 Å². The van der Waals surface area contributed by atoms with E-state index < -0.39 is 12.0 Å². The number of thiazole rings is 1. The highest BCUT2D eigenvalue weighted by atomic mass is 32.1. The number of esters is 1. The van der Waals surface area contributed by atoms with Crippen molar-refractivity contribution >= 4 is 23.4 Å². The molecule has 1 aliphatic rings. The maximum absolute atomic E-state index is 13.6. The molecule has 0 amide bonds. The minimum Gasteiger partial charge on any atom is -0.493 e. The molecule has 0 aliphatic carbocycles. The summed E-state index contributed by atoms with van der Waals surface area (Å²) in [5, 5.41) is 0. The Labute approximate surface area is 200 Å². The van der Waals surface area contributed by atoms with Gasteiger partial charge in [0.05, 0.1) is 50.3 Å². The van der Waals surface area contributed by atoms with Gasteiger partial charge in [-0.15, -0.1) is 0 Å². The second-order valence-corrected chi connectivity index (χ2v) is 8.45. The molecule has 1 aromatic heterocycles. The zero-order valence-electron chi connectivity index (χ0n) is 19.4. The molecule has 2 aromatic carbocycles. The van der Waals surface area contributed by atoms with Gasteiger partial charge in [-0.2, -0.15) is 0 Å². The molecular weight excluding hydrogens is 456 g/mol. The van der Waals surface area contributed by atoms with E-state index >= 15 is 0 Å². The number of allylic oxidation sites excluding steroid dienone is 1. The lowest BCUT2D eigenvalue weighted by Gasteiger charge is -2.24. The van der Waals surface area contributed by atoms with Crippen molar-refractivity contribution in [3.05, 3.63) is 84.5 Å². The van der Waals surface area contributed by atoms with Gasteiger partial charge in [-0.1, -0.05) is 41.7 Å². The summed E-state index contributed by atoms with van der Waals surface area (Å²) >= 11 is 1.25. The third kappa shape index (κ3) is 3.99. The van der Waals surface area contributed by atoms with Crippen LogP contribution in [0.3, 0.4) is 0 Å². The number of rotatable bonds is 6. The first kappa shape index (κ1) is 23.3. The molecule has 1 aliphatic heterocycles. The molecule has 1 atom stereocenters. The standard InChI is InChI=1S/C25H24N2O6S/c1-14-20(24(29)33-5)21(16-9-7-6-8-10-16)27-23(28)19(34-25(27)26-14)13-15-11-17(30-2)22(32-4)18(12-15)31-3/h6-13,21H,1-5H3/b19-13+/t21-/m1/s1. The third-order valence-corrected chi connectivity index (χ3v) is 6.51. The van der Waals surface area contributed by atoms with Crippen molar-refractivity contribution < 1.29 is 23.7 Å². The zero-order valence-corrected chi connectivity index (χ0v) is 20.3. The summed E-state index contributed by atoms with van der Waals surface area (Å²) in [5.74, 6) is 0.902. The van der Waals surface area contributed by atoms with Gasteiger partial charge in [0.25, 0.3) is 5.56 Å². The highest BCUT2D eigenvalue weighted by Crippen LogP contribution is 2.38. The van der Waals surface area contributed by atoms with Gasteiger partial charge in [0.2, 0.25) is 5.75 Å². The maximum atomic E-state index is 13.6. The SMILES string of the molecule is COC(=O)C1=C(C)N=c2s/c(=C/c3cc(OC)c(OC)c(OC)c3)c(=O)n2[C@@H]1c1ccccc1. The van der Waals surface area contributed by atoms with Crippen LogP contribution in [0.25, 0.3) is 6.08 Å². The van der Waals surface area contributed by atoms with Crippen LogP contribution in [0.1, 0.15) is 24.1 Å². The number of methoxy groups -OCH3 is 4. The molecular formula is C25H24N2O6S. The van der Waals surface area contributed by atoms with Gasteiger partial charge in [-0.3, -0.25) is 9.36 Å². The molecule has 0 fully saturated rings. The van der Waals surface area contributed by atoms with Gasteiger partial charge < -0.3 is 18.9 Å². The number of benzene rings is 2. The summed E-state index contributed by atoms with van der Waals surface area (Å²) in [6, 6.07) is 12.2. The summed E-state index contributed by atoms with van der Waals surface area (Å²) in [5.41, 5.74) is 2.07. The van der Waals surface area contributed by atoms with Gasteiger partial charge >= 0.3 is 5.97 Å². The van der Waals surface area contributed by atoms with Crippen LogP contribution in [0.2, 0.25) is 0 Å². The molecule has 8 nitrogen and oxygen atoms in total. The van der Waals surface area contributed by atoms with E-state index in [2.05, 4.69) is 4.99 Å². The van der Waals surface area contributed by atoms with E-state index in [4.69, 9.17) is 18.9 Å². The summed E-state index contributed by atoms with van der Waals surface area (Å²) < 4.78 is 23.3. The van der Waals surface area contributed by atoms with Gasteiger partial charge in [-0.05, 0) is 36.3 Å². The van der Waals surface area contributed by atoms with E-state index in [1.807, 2.05) is 30.3 Å².